The van der Waals surface area contributed by atoms with Crippen LogP contribution in [-0.4, -0.2) is 17.9 Å². The third-order valence-electron chi connectivity index (χ3n) is 3.23. The van der Waals surface area contributed by atoms with Gasteiger partial charge in [-0.2, -0.15) is 0 Å². The molecule has 0 aliphatic rings. The molecule has 0 saturated carbocycles. The molecule has 2 aromatic carbocycles. The summed E-state index contributed by atoms with van der Waals surface area (Å²) in [6, 6.07) is 9.51. The summed E-state index contributed by atoms with van der Waals surface area (Å²) < 4.78 is 27.7. The summed E-state index contributed by atoms with van der Waals surface area (Å²) in [6.07, 6.45) is 0.164. The SMILES string of the molecule is NC(=O)[C@H](Cc1ccccc1I)NC(=O)c1cccc(F)c1F. The van der Waals surface area contributed by atoms with Gasteiger partial charge in [0.15, 0.2) is 11.6 Å². The summed E-state index contributed by atoms with van der Waals surface area (Å²) >= 11 is 2.10. The van der Waals surface area contributed by atoms with Gasteiger partial charge in [0, 0.05) is 9.99 Å². The Morgan fingerprint density at radius 3 is 2.48 bits per heavy atom. The molecule has 0 bridgehead atoms. The molecule has 120 valence electrons. The predicted octanol–water partition coefficient (Wildman–Crippen LogP) is 2.40. The molecule has 0 heterocycles. The summed E-state index contributed by atoms with van der Waals surface area (Å²) in [5, 5.41) is 2.35. The largest absolute Gasteiger partial charge is 0.368 e. The average Bonchev–Trinajstić information content (AvgIpc) is 2.51. The van der Waals surface area contributed by atoms with Crippen LogP contribution in [0.4, 0.5) is 8.78 Å². The summed E-state index contributed by atoms with van der Waals surface area (Å²) in [6.45, 7) is 0. The Hall–Kier alpha value is -2.03. The van der Waals surface area contributed by atoms with Crippen LogP contribution >= 0.6 is 22.6 Å². The highest BCUT2D eigenvalue weighted by atomic mass is 127. The molecule has 0 saturated heterocycles. The van der Waals surface area contributed by atoms with E-state index in [1.165, 1.54) is 6.07 Å². The van der Waals surface area contributed by atoms with Gasteiger partial charge in [-0.3, -0.25) is 9.59 Å². The monoisotopic (exact) mass is 430 g/mol. The molecule has 1 atom stereocenters. The number of primary amides is 1. The molecular weight excluding hydrogens is 417 g/mol. The molecular formula is C16H13F2IN2O2. The lowest BCUT2D eigenvalue weighted by Gasteiger charge is -2.16. The van der Waals surface area contributed by atoms with Crippen molar-refractivity contribution in [2.24, 2.45) is 5.73 Å². The first-order chi connectivity index (χ1) is 10.9. The first-order valence-corrected chi connectivity index (χ1v) is 7.75. The maximum Gasteiger partial charge on any atom is 0.255 e. The van der Waals surface area contributed by atoms with Crippen LogP contribution in [0.1, 0.15) is 15.9 Å². The van der Waals surface area contributed by atoms with E-state index >= 15 is 0 Å². The lowest BCUT2D eigenvalue weighted by Crippen LogP contribution is -2.46. The number of hydrogen-bond donors (Lipinski definition) is 2. The van der Waals surface area contributed by atoms with E-state index in [1.54, 1.807) is 12.1 Å². The Bertz CT molecular complexity index is 753. The van der Waals surface area contributed by atoms with Gasteiger partial charge in [-0.1, -0.05) is 24.3 Å². The van der Waals surface area contributed by atoms with Crippen LogP contribution in [0.5, 0.6) is 0 Å². The standard InChI is InChI=1S/C16H13F2IN2O2/c17-11-6-3-5-10(14(11)18)16(23)21-13(15(20)22)8-9-4-1-2-7-12(9)19/h1-7,13H,8H2,(H2,20,22)(H,21,23)/t13-/m0/s1. The highest BCUT2D eigenvalue weighted by Crippen LogP contribution is 2.15. The van der Waals surface area contributed by atoms with Gasteiger partial charge in [0.1, 0.15) is 6.04 Å². The number of benzene rings is 2. The number of carbonyl (C=O) groups is 2. The first kappa shape index (κ1) is 17.3. The van der Waals surface area contributed by atoms with Crippen LogP contribution in [0.15, 0.2) is 42.5 Å². The Morgan fingerprint density at radius 2 is 1.83 bits per heavy atom. The molecule has 7 heteroatoms. The second-order valence-electron chi connectivity index (χ2n) is 4.83. The van der Waals surface area contributed by atoms with Gasteiger partial charge < -0.3 is 11.1 Å². The minimum atomic E-state index is -1.26. The Balaban J connectivity index is 2.20. The van der Waals surface area contributed by atoms with Crippen molar-refractivity contribution in [3.63, 3.8) is 0 Å². The third-order valence-corrected chi connectivity index (χ3v) is 4.28. The molecule has 3 N–H and O–H groups in total. The minimum Gasteiger partial charge on any atom is -0.368 e. The molecule has 2 rings (SSSR count). The van der Waals surface area contributed by atoms with Gasteiger partial charge >= 0.3 is 0 Å². The maximum atomic E-state index is 13.6. The quantitative estimate of drug-likeness (QED) is 0.716. The van der Waals surface area contributed by atoms with Crippen LogP contribution < -0.4 is 11.1 Å². The molecule has 0 unspecified atom stereocenters. The summed E-state index contributed by atoms with van der Waals surface area (Å²) in [7, 11) is 0. The third kappa shape index (κ3) is 4.25. The smallest absolute Gasteiger partial charge is 0.255 e. The Labute approximate surface area is 145 Å². The van der Waals surface area contributed by atoms with Crippen LogP contribution in [0.2, 0.25) is 0 Å². The lowest BCUT2D eigenvalue weighted by atomic mass is 10.0. The molecule has 4 nitrogen and oxygen atoms in total. The van der Waals surface area contributed by atoms with E-state index in [9.17, 15) is 18.4 Å². The van der Waals surface area contributed by atoms with Gasteiger partial charge in [0.2, 0.25) is 5.91 Å². The Kier molecular flexibility index (Phi) is 5.64. The van der Waals surface area contributed by atoms with Crippen molar-refractivity contribution in [2.75, 3.05) is 0 Å². The predicted molar refractivity (Wildman–Crippen MR) is 89.7 cm³/mol. The number of nitrogens with two attached hydrogens (primary N) is 1. The molecule has 0 fully saturated rings. The fraction of sp³-hybridized carbons (Fsp3) is 0.125. The summed E-state index contributed by atoms with van der Waals surface area (Å²) in [5.41, 5.74) is 5.65. The number of carbonyl (C=O) groups excluding carboxylic acids is 2. The zero-order valence-electron chi connectivity index (χ0n) is 11.9. The second-order valence-corrected chi connectivity index (χ2v) is 5.99. The van der Waals surface area contributed by atoms with E-state index in [0.717, 1.165) is 21.3 Å². The van der Waals surface area contributed by atoms with Gasteiger partial charge in [0.05, 0.1) is 5.56 Å². The molecule has 2 amide bonds. The van der Waals surface area contributed by atoms with Gasteiger partial charge in [-0.05, 0) is 46.4 Å². The highest BCUT2D eigenvalue weighted by molar-refractivity contribution is 14.1. The molecule has 0 aromatic heterocycles. The zero-order valence-corrected chi connectivity index (χ0v) is 14.0. The van der Waals surface area contributed by atoms with E-state index in [4.69, 9.17) is 5.73 Å². The second kappa shape index (κ2) is 7.49. The van der Waals surface area contributed by atoms with Crippen molar-refractivity contribution < 1.29 is 18.4 Å². The van der Waals surface area contributed by atoms with Crippen LogP contribution in [0.25, 0.3) is 0 Å². The fourth-order valence-corrected chi connectivity index (χ4v) is 2.63. The van der Waals surface area contributed by atoms with E-state index in [-0.39, 0.29) is 6.42 Å². The van der Waals surface area contributed by atoms with Crippen molar-refractivity contribution in [3.05, 3.63) is 68.8 Å². The van der Waals surface area contributed by atoms with E-state index in [1.807, 2.05) is 12.1 Å². The topological polar surface area (TPSA) is 72.2 Å². The molecule has 23 heavy (non-hydrogen) atoms. The van der Waals surface area contributed by atoms with E-state index in [0.29, 0.717) is 0 Å². The van der Waals surface area contributed by atoms with Crippen LogP contribution in [-0.2, 0) is 11.2 Å². The van der Waals surface area contributed by atoms with Crippen molar-refractivity contribution in [2.45, 2.75) is 12.5 Å². The lowest BCUT2D eigenvalue weighted by molar-refractivity contribution is -0.119. The van der Waals surface area contributed by atoms with E-state index in [2.05, 4.69) is 27.9 Å². The molecule has 0 radical (unpaired) electrons. The van der Waals surface area contributed by atoms with Crippen LogP contribution in [0.3, 0.4) is 0 Å². The van der Waals surface area contributed by atoms with Gasteiger partial charge in [0.25, 0.3) is 5.91 Å². The summed E-state index contributed by atoms with van der Waals surface area (Å²) in [4.78, 5) is 23.7. The summed E-state index contributed by atoms with van der Waals surface area (Å²) in [5.74, 6) is -4.04. The number of nitrogens with one attached hydrogen (secondary N) is 1. The van der Waals surface area contributed by atoms with Crippen LogP contribution in [0, 0.1) is 15.2 Å². The fourth-order valence-electron chi connectivity index (χ4n) is 2.02. The number of halogens is 3. The first-order valence-electron chi connectivity index (χ1n) is 6.67. The van der Waals surface area contributed by atoms with Crippen molar-refractivity contribution >= 4 is 34.4 Å². The highest BCUT2D eigenvalue weighted by Gasteiger charge is 2.23. The number of amides is 2. The Morgan fingerprint density at radius 1 is 1.13 bits per heavy atom. The number of hydrogen-bond acceptors (Lipinski definition) is 2. The maximum absolute atomic E-state index is 13.6. The molecule has 2 aromatic rings. The van der Waals surface area contributed by atoms with Crippen molar-refractivity contribution in [1.29, 1.82) is 0 Å². The van der Waals surface area contributed by atoms with E-state index < -0.39 is 35.1 Å². The van der Waals surface area contributed by atoms with Gasteiger partial charge in [-0.15, -0.1) is 0 Å². The van der Waals surface area contributed by atoms with Crippen molar-refractivity contribution in [1.82, 2.24) is 5.32 Å². The molecule has 0 aliphatic carbocycles. The number of rotatable bonds is 5. The molecule has 0 spiro atoms. The minimum absolute atomic E-state index is 0.164. The average molecular weight is 430 g/mol. The molecule has 0 aliphatic heterocycles. The van der Waals surface area contributed by atoms with Crippen molar-refractivity contribution in [3.8, 4) is 0 Å². The van der Waals surface area contributed by atoms with Gasteiger partial charge in [-0.25, -0.2) is 8.78 Å². The normalized spacial score (nSPS) is 11.8. The zero-order chi connectivity index (χ0) is 17.0.